The number of aromatic nitrogens is 4. The first-order valence-electron chi connectivity index (χ1n) is 12.5. The summed E-state index contributed by atoms with van der Waals surface area (Å²) < 4.78 is 2.75. The second-order valence-corrected chi connectivity index (χ2v) is 9.57. The summed E-state index contributed by atoms with van der Waals surface area (Å²) in [5.74, 6) is 2.26. The minimum absolute atomic E-state index is 0.383. The Balaban J connectivity index is 0.00000148. The van der Waals surface area contributed by atoms with Gasteiger partial charge in [-0.1, -0.05) is 38.6 Å². The average Bonchev–Trinajstić information content (AvgIpc) is 3.30. The molecule has 188 valence electrons. The quantitative estimate of drug-likeness (QED) is 0.271. The minimum atomic E-state index is 0.383. The molecule has 1 aromatic carbocycles. The van der Waals surface area contributed by atoms with Crippen LogP contribution in [-0.2, 0) is 6.54 Å². The topological polar surface area (TPSA) is 70.4 Å². The van der Waals surface area contributed by atoms with E-state index in [9.17, 15) is 0 Å². The number of likely N-dealkylation sites (tertiary alicyclic amines) is 1. The van der Waals surface area contributed by atoms with Gasteiger partial charge in [0.25, 0.3) is 0 Å². The Hall–Kier alpha value is -3.39. The maximum atomic E-state index is 4.97. The molecule has 4 aromatic rings. The molecule has 1 aliphatic rings. The third kappa shape index (κ3) is 6.05. The second kappa shape index (κ2) is 12.0. The van der Waals surface area contributed by atoms with E-state index < -0.39 is 0 Å². The van der Waals surface area contributed by atoms with Gasteiger partial charge in [-0.3, -0.25) is 4.98 Å². The van der Waals surface area contributed by atoms with Crippen molar-refractivity contribution in [3.63, 3.8) is 0 Å². The van der Waals surface area contributed by atoms with E-state index in [1.165, 1.54) is 5.56 Å². The maximum Gasteiger partial charge on any atom is 0.171 e. The number of nitrogens with zero attached hydrogens (tertiary/aromatic N) is 5. The number of halogens is 1. The summed E-state index contributed by atoms with van der Waals surface area (Å²) in [6, 6.07) is 14.5. The Kier molecular flexibility index (Phi) is 8.59. The van der Waals surface area contributed by atoms with Crippen LogP contribution in [0.2, 0.25) is 0 Å². The lowest BCUT2D eigenvalue weighted by Crippen LogP contribution is -2.34. The molecule has 4 heterocycles. The highest BCUT2D eigenvalue weighted by Crippen LogP contribution is 2.31. The summed E-state index contributed by atoms with van der Waals surface area (Å²) in [4.78, 5) is 11.5. The molecule has 0 unspecified atom stereocenters. The zero-order valence-corrected chi connectivity index (χ0v) is 22.8. The zero-order valence-electron chi connectivity index (χ0n) is 21.2. The van der Waals surface area contributed by atoms with E-state index in [0.717, 1.165) is 64.6 Å². The Bertz CT molecular complexity index is 1290. The van der Waals surface area contributed by atoms with Crippen LogP contribution in [0.4, 0.5) is 11.5 Å². The highest BCUT2D eigenvalue weighted by molar-refractivity contribution is 9.10. The molecule has 1 aliphatic heterocycles. The molecule has 0 spiro atoms. The number of hydrogen-bond donors (Lipinski definition) is 2. The van der Waals surface area contributed by atoms with Gasteiger partial charge < -0.3 is 15.5 Å². The van der Waals surface area contributed by atoms with E-state index in [0.29, 0.717) is 12.5 Å². The van der Waals surface area contributed by atoms with E-state index >= 15 is 0 Å². The summed E-state index contributed by atoms with van der Waals surface area (Å²) in [6.07, 6.45) is 7.49. The van der Waals surface area contributed by atoms with Crippen molar-refractivity contribution in [3.05, 3.63) is 94.7 Å². The molecular weight excluding hydrogens is 514 g/mol. The van der Waals surface area contributed by atoms with Crippen molar-refractivity contribution in [2.45, 2.75) is 46.1 Å². The monoisotopic (exact) mass is 547 g/mol. The van der Waals surface area contributed by atoms with Gasteiger partial charge >= 0.3 is 0 Å². The van der Waals surface area contributed by atoms with Gasteiger partial charge in [-0.2, -0.15) is 9.61 Å². The van der Waals surface area contributed by atoms with Crippen LogP contribution in [-0.4, -0.2) is 37.6 Å². The molecule has 1 fully saturated rings. The Morgan fingerprint density at radius 1 is 1.11 bits per heavy atom. The van der Waals surface area contributed by atoms with Crippen LogP contribution in [0.15, 0.2) is 77.9 Å². The van der Waals surface area contributed by atoms with E-state index in [4.69, 9.17) is 4.98 Å². The Morgan fingerprint density at radius 2 is 1.92 bits per heavy atom. The molecule has 5 rings (SSSR count). The fourth-order valence-electron chi connectivity index (χ4n) is 4.40. The minimum Gasteiger partial charge on any atom is -0.366 e. The predicted octanol–water partition coefficient (Wildman–Crippen LogP) is 6.60. The number of aryl methyl sites for hydroxylation is 1. The smallest absolute Gasteiger partial charge is 0.171 e. The standard InChI is InChI=1S/C26H28BrN7.C2H6/c1-18-5-3-7-22(13-18)31-19(2)33-11-8-21(9-12-33)24-14-25(29-16-20-6-4-10-28-15-20)34-26(32-24)23(27)17-30-34;1-2/h3-7,10,13-15,17,21,29,31H,2,8-9,11-12,16H2,1H3;1-2H3. The third-order valence-electron chi connectivity index (χ3n) is 6.25. The van der Waals surface area contributed by atoms with Crippen molar-refractivity contribution >= 4 is 33.1 Å². The number of benzene rings is 1. The van der Waals surface area contributed by atoms with Gasteiger partial charge in [-0.05, 0) is 65.0 Å². The molecule has 3 aromatic heterocycles. The molecule has 2 N–H and O–H groups in total. The van der Waals surface area contributed by atoms with Gasteiger partial charge in [-0.25, -0.2) is 4.98 Å². The van der Waals surface area contributed by atoms with Crippen LogP contribution >= 0.6 is 15.9 Å². The van der Waals surface area contributed by atoms with Crippen LogP contribution in [0.5, 0.6) is 0 Å². The lowest BCUT2D eigenvalue weighted by Gasteiger charge is -2.35. The van der Waals surface area contributed by atoms with E-state index in [2.05, 4.69) is 91.4 Å². The van der Waals surface area contributed by atoms with Gasteiger partial charge in [-0.15, -0.1) is 0 Å². The number of rotatable bonds is 7. The summed E-state index contributed by atoms with van der Waals surface area (Å²) in [5.41, 5.74) is 5.36. The number of anilines is 2. The zero-order chi connectivity index (χ0) is 25.5. The Morgan fingerprint density at radius 3 is 2.64 bits per heavy atom. The molecule has 36 heavy (non-hydrogen) atoms. The van der Waals surface area contributed by atoms with Crippen LogP contribution in [0, 0.1) is 6.92 Å². The number of pyridine rings is 1. The summed E-state index contributed by atoms with van der Waals surface area (Å²) in [5, 5.41) is 11.5. The highest BCUT2D eigenvalue weighted by atomic mass is 79.9. The van der Waals surface area contributed by atoms with E-state index in [1.807, 2.05) is 30.6 Å². The van der Waals surface area contributed by atoms with Crippen LogP contribution < -0.4 is 10.6 Å². The largest absolute Gasteiger partial charge is 0.366 e. The molecular formula is C28H34BrN7. The fourth-order valence-corrected chi connectivity index (χ4v) is 4.75. The van der Waals surface area contributed by atoms with Gasteiger partial charge in [0.05, 0.1) is 16.5 Å². The molecule has 0 radical (unpaired) electrons. The fraction of sp³-hybridized carbons (Fsp3) is 0.321. The lowest BCUT2D eigenvalue weighted by molar-refractivity contribution is 0.264. The van der Waals surface area contributed by atoms with Gasteiger partial charge in [0.1, 0.15) is 5.82 Å². The number of nitrogens with one attached hydrogen (secondary N) is 2. The first-order chi connectivity index (χ1) is 17.6. The highest BCUT2D eigenvalue weighted by Gasteiger charge is 2.24. The van der Waals surface area contributed by atoms with Crippen LogP contribution in [0.3, 0.4) is 0 Å². The normalized spacial score (nSPS) is 13.7. The molecule has 0 atom stereocenters. The maximum absolute atomic E-state index is 4.97. The van der Waals surface area contributed by atoms with Crippen molar-refractivity contribution < 1.29 is 0 Å². The van der Waals surface area contributed by atoms with Crippen molar-refractivity contribution in [2.75, 3.05) is 23.7 Å². The first-order valence-corrected chi connectivity index (χ1v) is 13.3. The van der Waals surface area contributed by atoms with E-state index in [-0.39, 0.29) is 0 Å². The molecule has 0 bridgehead atoms. The third-order valence-corrected chi connectivity index (χ3v) is 6.81. The molecule has 1 saturated heterocycles. The summed E-state index contributed by atoms with van der Waals surface area (Å²) in [7, 11) is 0. The van der Waals surface area contributed by atoms with Crippen LogP contribution in [0.1, 0.15) is 49.4 Å². The average molecular weight is 549 g/mol. The molecule has 8 heteroatoms. The number of hydrogen-bond acceptors (Lipinski definition) is 6. The van der Waals surface area contributed by atoms with Crippen molar-refractivity contribution in [3.8, 4) is 0 Å². The number of piperidine rings is 1. The Labute approximate surface area is 221 Å². The second-order valence-electron chi connectivity index (χ2n) is 8.71. The summed E-state index contributed by atoms with van der Waals surface area (Å²) in [6.45, 7) is 12.9. The van der Waals surface area contributed by atoms with Gasteiger partial charge in [0.15, 0.2) is 5.65 Å². The molecule has 0 amide bonds. The van der Waals surface area contributed by atoms with Crippen molar-refractivity contribution in [1.29, 1.82) is 0 Å². The van der Waals surface area contributed by atoms with Gasteiger partial charge in [0, 0.05) is 55.4 Å². The summed E-state index contributed by atoms with van der Waals surface area (Å²) >= 11 is 3.61. The van der Waals surface area contributed by atoms with Crippen molar-refractivity contribution in [2.24, 2.45) is 0 Å². The molecule has 0 aliphatic carbocycles. The van der Waals surface area contributed by atoms with Crippen LogP contribution in [0.25, 0.3) is 5.65 Å². The molecule has 0 saturated carbocycles. The SMILES string of the molecule is C=C(Nc1cccc(C)c1)N1CCC(c2cc(NCc3cccnc3)n3ncc(Br)c3n2)CC1.CC. The molecule has 7 nitrogen and oxygen atoms in total. The first kappa shape index (κ1) is 25.7. The van der Waals surface area contributed by atoms with Gasteiger partial charge in [0.2, 0.25) is 0 Å². The number of fused-ring (bicyclic) bond motifs is 1. The lowest BCUT2D eigenvalue weighted by atomic mass is 9.93. The van der Waals surface area contributed by atoms with Crippen molar-refractivity contribution in [1.82, 2.24) is 24.5 Å². The predicted molar refractivity (Wildman–Crippen MR) is 151 cm³/mol. The van der Waals surface area contributed by atoms with E-state index in [1.54, 1.807) is 12.4 Å².